The average molecular weight is 287 g/mol. The number of fused-ring (bicyclic) bond motifs is 1. The standard InChI is InChI=1S/C16H25N5/c1-11-12(2)19-15-10-14(13-6-4-3-5-7-13)20-21(15)16(11)18-9-8-17/h10,13,18H,3-9,17H2,1-2H3. The minimum absolute atomic E-state index is 0.600. The lowest BCUT2D eigenvalue weighted by Gasteiger charge is -2.19. The van der Waals surface area contributed by atoms with Gasteiger partial charge in [0.25, 0.3) is 0 Å². The Kier molecular flexibility index (Phi) is 4.10. The fourth-order valence-electron chi connectivity index (χ4n) is 3.21. The summed E-state index contributed by atoms with van der Waals surface area (Å²) < 4.78 is 1.96. The van der Waals surface area contributed by atoms with Crippen LogP contribution < -0.4 is 11.1 Å². The van der Waals surface area contributed by atoms with Gasteiger partial charge in [0.05, 0.1) is 5.69 Å². The highest BCUT2D eigenvalue weighted by Gasteiger charge is 2.20. The van der Waals surface area contributed by atoms with Crippen molar-refractivity contribution < 1.29 is 0 Å². The summed E-state index contributed by atoms with van der Waals surface area (Å²) in [4.78, 5) is 4.69. The summed E-state index contributed by atoms with van der Waals surface area (Å²) in [6, 6.07) is 2.16. The minimum atomic E-state index is 0.600. The first-order valence-electron chi connectivity index (χ1n) is 8.01. The normalized spacial score (nSPS) is 16.5. The summed E-state index contributed by atoms with van der Waals surface area (Å²) >= 11 is 0. The molecule has 0 aliphatic heterocycles. The first-order chi connectivity index (χ1) is 10.2. The number of hydrogen-bond donors (Lipinski definition) is 2. The van der Waals surface area contributed by atoms with Gasteiger partial charge in [-0.25, -0.2) is 4.98 Å². The van der Waals surface area contributed by atoms with Crippen molar-refractivity contribution in [2.45, 2.75) is 51.9 Å². The second-order valence-corrected chi connectivity index (χ2v) is 6.06. The van der Waals surface area contributed by atoms with Crippen LogP contribution in [-0.4, -0.2) is 27.7 Å². The molecule has 1 saturated carbocycles. The molecule has 0 amide bonds. The van der Waals surface area contributed by atoms with Gasteiger partial charge in [-0.15, -0.1) is 0 Å². The molecule has 3 N–H and O–H groups in total. The van der Waals surface area contributed by atoms with Crippen molar-refractivity contribution in [2.24, 2.45) is 5.73 Å². The van der Waals surface area contributed by atoms with Gasteiger partial charge in [0, 0.05) is 36.3 Å². The quantitative estimate of drug-likeness (QED) is 0.907. The van der Waals surface area contributed by atoms with Gasteiger partial charge < -0.3 is 11.1 Å². The predicted molar refractivity (Wildman–Crippen MR) is 85.8 cm³/mol. The molecule has 1 aliphatic carbocycles. The number of hydrogen-bond acceptors (Lipinski definition) is 4. The molecule has 2 aromatic heterocycles. The lowest BCUT2D eigenvalue weighted by atomic mass is 9.87. The largest absolute Gasteiger partial charge is 0.368 e. The van der Waals surface area contributed by atoms with E-state index in [1.54, 1.807) is 0 Å². The van der Waals surface area contributed by atoms with E-state index in [-0.39, 0.29) is 0 Å². The summed E-state index contributed by atoms with van der Waals surface area (Å²) in [5.41, 5.74) is 9.96. The number of nitrogens with two attached hydrogens (primary N) is 1. The Bertz CT molecular complexity index is 625. The van der Waals surface area contributed by atoms with E-state index in [9.17, 15) is 0 Å². The Morgan fingerprint density at radius 2 is 2.05 bits per heavy atom. The number of rotatable bonds is 4. The molecule has 0 radical (unpaired) electrons. The van der Waals surface area contributed by atoms with E-state index in [1.807, 2.05) is 4.52 Å². The molecule has 1 aliphatic rings. The first kappa shape index (κ1) is 14.3. The maximum absolute atomic E-state index is 5.62. The van der Waals surface area contributed by atoms with Gasteiger partial charge >= 0.3 is 0 Å². The molecule has 2 heterocycles. The molecular weight excluding hydrogens is 262 g/mol. The van der Waals surface area contributed by atoms with Gasteiger partial charge in [-0.3, -0.25) is 0 Å². The van der Waals surface area contributed by atoms with Crippen molar-refractivity contribution in [3.05, 3.63) is 23.0 Å². The molecule has 0 saturated heterocycles. The van der Waals surface area contributed by atoms with Crippen molar-refractivity contribution in [2.75, 3.05) is 18.4 Å². The van der Waals surface area contributed by atoms with Crippen LogP contribution in [0.1, 0.15) is 55.0 Å². The molecule has 0 atom stereocenters. The average Bonchev–Trinajstić information content (AvgIpc) is 2.92. The van der Waals surface area contributed by atoms with Gasteiger partial charge in [0.15, 0.2) is 5.65 Å². The van der Waals surface area contributed by atoms with Crippen molar-refractivity contribution in [1.82, 2.24) is 14.6 Å². The number of nitrogens with one attached hydrogen (secondary N) is 1. The third-order valence-electron chi connectivity index (χ3n) is 4.56. The van der Waals surface area contributed by atoms with Crippen molar-refractivity contribution in [3.8, 4) is 0 Å². The fraction of sp³-hybridized carbons (Fsp3) is 0.625. The smallest absolute Gasteiger partial charge is 0.157 e. The molecule has 3 rings (SSSR count). The zero-order valence-electron chi connectivity index (χ0n) is 13.0. The highest BCUT2D eigenvalue weighted by Crippen LogP contribution is 2.33. The molecule has 0 bridgehead atoms. The van der Waals surface area contributed by atoms with E-state index < -0.39 is 0 Å². The molecule has 0 aromatic carbocycles. The second-order valence-electron chi connectivity index (χ2n) is 6.06. The van der Waals surface area contributed by atoms with Crippen LogP contribution in [0.15, 0.2) is 6.07 Å². The van der Waals surface area contributed by atoms with Crippen LogP contribution in [0, 0.1) is 13.8 Å². The van der Waals surface area contributed by atoms with Gasteiger partial charge in [-0.2, -0.15) is 9.61 Å². The minimum Gasteiger partial charge on any atom is -0.368 e. The molecular formula is C16H25N5. The Hall–Kier alpha value is -1.62. The fourth-order valence-corrected chi connectivity index (χ4v) is 3.21. The molecule has 0 unspecified atom stereocenters. The van der Waals surface area contributed by atoms with Crippen LogP contribution in [0.2, 0.25) is 0 Å². The van der Waals surface area contributed by atoms with Gasteiger partial charge in [0.2, 0.25) is 0 Å². The zero-order valence-corrected chi connectivity index (χ0v) is 13.0. The highest BCUT2D eigenvalue weighted by atomic mass is 15.3. The third kappa shape index (κ3) is 2.75. The van der Waals surface area contributed by atoms with Crippen LogP contribution in [0.5, 0.6) is 0 Å². The maximum Gasteiger partial charge on any atom is 0.157 e. The highest BCUT2D eigenvalue weighted by molar-refractivity contribution is 5.55. The predicted octanol–water partition coefficient (Wildman–Crippen LogP) is 2.76. The Labute approximate surface area is 125 Å². The maximum atomic E-state index is 5.62. The number of nitrogens with zero attached hydrogens (tertiary/aromatic N) is 3. The molecule has 1 fully saturated rings. The van der Waals surface area contributed by atoms with E-state index in [0.29, 0.717) is 12.5 Å². The molecule has 0 spiro atoms. The lowest BCUT2D eigenvalue weighted by molar-refractivity contribution is 0.435. The van der Waals surface area contributed by atoms with E-state index in [1.165, 1.54) is 37.8 Å². The van der Waals surface area contributed by atoms with Crippen molar-refractivity contribution in [1.29, 1.82) is 0 Å². The number of aromatic nitrogens is 3. The Morgan fingerprint density at radius 3 is 2.76 bits per heavy atom. The van der Waals surface area contributed by atoms with Crippen molar-refractivity contribution >= 4 is 11.5 Å². The van der Waals surface area contributed by atoms with E-state index in [0.717, 1.165) is 29.3 Å². The van der Waals surface area contributed by atoms with E-state index in [4.69, 9.17) is 10.8 Å². The number of aryl methyl sites for hydroxylation is 1. The van der Waals surface area contributed by atoms with E-state index in [2.05, 4.69) is 30.2 Å². The third-order valence-corrected chi connectivity index (χ3v) is 4.56. The van der Waals surface area contributed by atoms with Crippen LogP contribution in [-0.2, 0) is 0 Å². The van der Waals surface area contributed by atoms with Gasteiger partial charge in [0.1, 0.15) is 5.82 Å². The van der Waals surface area contributed by atoms with Crippen molar-refractivity contribution in [3.63, 3.8) is 0 Å². The van der Waals surface area contributed by atoms with Crippen LogP contribution in [0.4, 0.5) is 5.82 Å². The number of anilines is 1. The van der Waals surface area contributed by atoms with Gasteiger partial charge in [-0.05, 0) is 26.7 Å². The molecule has 5 nitrogen and oxygen atoms in total. The topological polar surface area (TPSA) is 68.2 Å². The molecule has 2 aromatic rings. The molecule has 21 heavy (non-hydrogen) atoms. The van der Waals surface area contributed by atoms with Crippen LogP contribution >= 0.6 is 0 Å². The molecule has 5 heteroatoms. The Balaban J connectivity index is 2.02. The lowest BCUT2D eigenvalue weighted by Crippen LogP contribution is -2.17. The summed E-state index contributed by atoms with van der Waals surface area (Å²) in [6.07, 6.45) is 6.52. The van der Waals surface area contributed by atoms with Gasteiger partial charge in [-0.1, -0.05) is 19.3 Å². The SMILES string of the molecule is Cc1nc2cc(C3CCCCC3)nn2c(NCCN)c1C. The summed E-state index contributed by atoms with van der Waals surface area (Å²) in [7, 11) is 0. The van der Waals surface area contributed by atoms with E-state index >= 15 is 0 Å². The molecule has 114 valence electrons. The summed E-state index contributed by atoms with van der Waals surface area (Å²) in [5, 5.41) is 8.24. The summed E-state index contributed by atoms with van der Waals surface area (Å²) in [5.74, 6) is 1.63. The monoisotopic (exact) mass is 287 g/mol. The zero-order chi connectivity index (χ0) is 14.8. The first-order valence-corrected chi connectivity index (χ1v) is 8.01. The summed E-state index contributed by atoms with van der Waals surface area (Å²) in [6.45, 7) is 5.50. The second kappa shape index (κ2) is 6.02. The van der Waals surface area contributed by atoms with Crippen LogP contribution in [0.25, 0.3) is 5.65 Å². The van der Waals surface area contributed by atoms with Crippen LogP contribution in [0.3, 0.4) is 0 Å². The Morgan fingerprint density at radius 1 is 1.29 bits per heavy atom.